The van der Waals surface area contributed by atoms with Crippen molar-refractivity contribution in [1.29, 1.82) is 0 Å². The number of hydrogen-bond donors (Lipinski definition) is 0. The molecule has 4 fully saturated rings. The van der Waals surface area contributed by atoms with Crippen LogP contribution >= 0.6 is 0 Å². The molecule has 0 aromatic carbocycles. The monoisotopic (exact) mass is 249 g/mol. The zero-order valence-electron chi connectivity index (χ0n) is 10.3. The summed E-state index contributed by atoms with van der Waals surface area (Å²) in [6.45, 7) is 3.41. The van der Waals surface area contributed by atoms with Crippen LogP contribution in [0.15, 0.2) is 12.7 Å². The van der Waals surface area contributed by atoms with Crippen molar-refractivity contribution in [3.8, 4) is 0 Å². The van der Waals surface area contributed by atoms with E-state index in [-0.39, 0.29) is 0 Å². The number of ether oxygens (including phenoxy) is 1. The van der Waals surface area contributed by atoms with Crippen molar-refractivity contribution in [3.05, 3.63) is 12.7 Å². The van der Waals surface area contributed by atoms with Gasteiger partial charge in [-0.15, -0.1) is 0 Å². The van der Waals surface area contributed by atoms with Gasteiger partial charge in [-0.2, -0.15) is 0 Å². The first-order chi connectivity index (χ1) is 8.47. The normalized spacial score (nSPS) is 44.7. The standard InChI is InChI=1S/C14H18O4/c1-2-11(15)18-14-6-9-3-10(7-14)5-13(4-9,8-14)12(16)17/h2,9-10H,1,3-8H2,(H,16,17)/p-1. The predicted octanol–water partition coefficient (Wildman–Crippen LogP) is 0.804. The molecule has 98 valence electrons. The molecule has 4 rings (SSSR count). The fourth-order valence-electron chi connectivity index (χ4n) is 4.79. The molecule has 0 N–H and O–H groups in total. The Labute approximate surface area is 106 Å². The molecule has 2 atom stereocenters. The summed E-state index contributed by atoms with van der Waals surface area (Å²) < 4.78 is 5.53. The second-order valence-corrected chi connectivity index (χ2v) is 6.34. The Morgan fingerprint density at radius 1 is 1.22 bits per heavy atom. The molecule has 0 aromatic heterocycles. The van der Waals surface area contributed by atoms with Crippen LogP contribution in [-0.4, -0.2) is 17.5 Å². The number of esters is 1. The van der Waals surface area contributed by atoms with Gasteiger partial charge >= 0.3 is 5.97 Å². The van der Waals surface area contributed by atoms with Crippen LogP contribution in [0, 0.1) is 17.3 Å². The Hall–Kier alpha value is -1.32. The first-order valence-corrected chi connectivity index (χ1v) is 6.54. The highest BCUT2D eigenvalue weighted by molar-refractivity contribution is 5.82. The predicted molar refractivity (Wildman–Crippen MR) is 61.1 cm³/mol. The molecule has 2 unspecified atom stereocenters. The van der Waals surface area contributed by atoms with Gasteiger partial charge in [0.1, 0.15) is 5.60 Å². The lowest BCUT2D eigenvalue weighted by Gasteiger charge is -2.61. The van der Waals surface area contributed by atoms with E-state index in [1.807, 2.05) is 0 Å². The number of hydrogen-bond acceptors (Lipinski definition) is 4. The molecule has 0 saturated heterocycles. The van der Waals surface area contributed by atoms with Gasteiger partial charge < -0.3 is 14.6 Å². The Bertz CT molecular complexity index is 412. The minimum absolute atomic E-state index is 0.363. The van der Waals surface area contributed by atoms with E-state index in [1.165, 1.54) is 0 Å². The molecule has 4 bridgehead atoms. The summed E-state index contributed by atoms with van der Waals surface area (Å²) in [5, 5.41) is 11.5. The van der Waals surface area contributed by atoms with E-state index in [9.17, 15) is 14.7 Å². The SMILES string of the molecule is C=CC(=O)OC12CC3CC(C1)CC(C(=O)[O-])(C3)C2. The number of carboxylic acid groups (broad SMARTS) is 1. The highest BCUT2D eigenvalue weighted by Crippen LogP contribution is 2.62. The second kappa shape index (κ2) is 3.59. The summed E-state index contributed by atoms with van der Waals surface area (Å²) in [6, 6.07) is 0. The van der Waals surface area contributed by atoms with Crippen LogP contribution in [0.25, 0.3) is 0 Å². The Morgan fingerprint density at radius 2 is 1.83 bits per heavy atom. The van der Waals surface area contributed by atoms with E-state index in [0.717, 1.165) is 25.3 Å². The van der Waals surface area contributed by atoms with E-state index in [0.29, 0.717) is 31.1 Å². The van der Waals surface area contributed by atoms with Crippen molar-refractivity contribution in [2.75, 3.05) is 0 Å². The van der Waals surface area contributed by atoms with E-state index < -0.39 is 23.0 Å². The first kappa shape index (κ1) is 11.8. The summed E-state index contributed by atoms with van der Waals surface area (Å²) >= 11 is 0. The second-order valence-electron chi connectivity index (χ2n) is 6.34. The Morgan fingerprint density at radius 3 is 2.33 bits per heavy atom. The van der Waals surface area contributed by atoms with Crippen molar-refractivity contribution >= 4 is 11.9 Å². The van der Waals surface area contributed by atoms with Gasteiger partial charge in [0.15, 0.2) is 0 Å². The van der Waals surface area contributed by atoms with Crippen LogP contribution in [0.4, 0.5) is 0 Å². The van der Waals surface area contributed by atoms with Crippen LogP contribution in [0.2, 0.25) is 0 Å². The molecule has 4 nitrogen and oxygen atoms in total. The molecule has 0 radical (unpaired) electrons. The minimum Gasteiger partial charge on any atom is -0.550 e. The Kier molecular flexibility index (Phi) is 2.34. The third-order valence-electron chi connectivity index (χ3n) is 4.92. The third kappa shape index (κ3) is 1.58. The summed E-state index contributed by atoms with van der Waals surface area (Å²) in [6.07, 6.45) is 5.65. The molecule has 0 aromatic rings. The van der Waals surface area contributed by atoms with Gasteiger partial charge in [0.05, 0.1) is 0 Å². The molecular weight excluding hydrogens is 232 g/mol. The number of carbonyl (C=O) groups excluding carboxylic acids is 2. The van der Waals surface area contributed by atoms with E-state index in [1.54, 1.807) is 0 Å². The van der Waals surface area contributed by atoms with Crippen LogP contribution < -0.4 is 5.11 Å². The van der Waals surface area contributed by atoms with Gasteiger partial charge in [0.25, 0.3) is 0 Å². The number of aliphatic carboxylic acids is 1. The molecule has 4 heteroatoms. The van der Waals surface area contributed by atoms with Gasteiger partial charge in [0.2, 0.25) is 0 Å². The zero-order chi connectivity index (χ0) is 13.0. The highest BCUT2D eigenvalue weighted by atomic mass is 16.6. The van der Waals surface area contributed by atoms with Gasteiger partial charge in [-0.1, -0.05) is 6.58 Å². The summed E-state index contributed by atoms with van der Waals surface area (Å²) in [4.78, 5) is 22.9. The molecule has 4 saturated carbocycles. The molecule has 18 heavy (non-hydrogen) atoms. The number of carboxylic acids is 1. The molecule has 0 aliphatic heterocycles. The van der Waals surface area contributed by atoms with E-state index in [2.05, 4.69) is 6.58 Å². The Balaban J connectivity index is 1.91. The fraction of sp³-hybridized carbons (Fsp3) is 0.714. The fourth-order valence-corrected chi connectivity index (χ4v) is 4.79. The minimum atomic E-state index is -0.962. The summed E-state index contributed by atoms with van der Waals surface area (Å²) in [5.74, 6) is -0.676. The highest BCUT2D eigenvalue weighted by Gasteiger charge is 2.60. The molecule has 0 heterocycles. The topological polar surface area (TPSA) is 66.4 Å². The molecular formula is C14H17O4-. The van der Waals surface area contributed by atoms with Crippen LogP contribution in [0.5, 0.6) is 0 Å². The maximum Gasteiger partial charge on any atom is 0.330 e. The summed E-state index contributed by atoms with van der Waals surface area (Å²) in [7, 11) is 0. The lowest BCUT2D eigenvalue weighted by Crippen LogP contribution is -2.62. The number of rotatable bonds is 3. The first-order valence-electron chi connectivity index (χ1n) is 6.54. The van der Waals surface area contributed by atoms with Crippen molar-refractivity contribution in [3.63, 3.8) is 0 Å². The van der Waals surface area contributed by atoms with Crippen LogP contribution in [0.3, 0.4) is 0 Å². The molecule has 0 spiro atoms. The molecule has 4 aliphatic carbocycles. The largest absolute Gasteiger partial charge is 0.550 e. The van der Waals surface area contributed by atoms with Gasteiger partial charge in [-0.05, 0) is 50.4 Å². The van der Waals surface area contributed by atoms with E-state index >= 15 is 0 Å². The van der Waals surface area contributed by atoms with Crippen molar-refractivity contribution in [2.24, 2.45) is 17.3 Å². The maximum absolute atomic E-state index is 11.5. The average molecular weight is 249 g/mol. The molecule has 0 amide bonds. The van der Waals surface area contributed by atoms with Crippen molar-refractivity contribution in [1.82, 2.24) is 0 Å². The average Bonchev–Trinajstić information content (AvgIpc) is 2.26. The van der Waals surface area contributed by atoms with E-state index in [4.69, 9.17) is 4.74 Å². The van der Waals surface area contributed by atoms with Crippen molar-refractivity contribution in [2.45, 2.75) is 44.1 Å². The van der Waals surface area contributed by atoms with Gasteiger partial charge in [-0.3, -0.25) is 0 Å². The maximum atomic E-state index is 11.5. The lowest BCUT2D eigenvalue weighted by molar-refractivity contribution is -0.331. The third-order valence-corrected chi connectivity index (χ3v) is 4.92. The zero-order valence-corrected chi connectivity index (χ0v) is 10.3. The van der Waals surface area contributed by atoms with Gasteiger partial charge in [0, 0.05) is 17.5 Å². The quantitative estimate of drug-likeness (QED) is 0.548. The molecule has 4 aliphatic rings. The van der Waals surface area contributed by atoms with Crippen LogP contribution in [-0.2, 0) is 14.3 Å². The van der Waals surface area contributed by atoms with Gasteiger partial charge in [-0.25, -0.2) is 4.79 Å². The van der Waals surface area contributed by atoms with Crippen molar-refractivity contribution < 1.29 is 19.4 Å². The number of carbonyl (C=O) groups is 2. The van der Waals surface area contributed by atoms with Crippen LogP contribution in [0.1, 0.15) is 38.5 Å². The lowest BCUT2D eigenvalue weighted by atomic mass is 9.48. The summed E-state index contributed by atoms with van der Waals surface area (Å²) in [5.41, 5.74) is -1.33. The smallest absolute Gasteiger partial charge is 0.330 e.